The minimum absolute atomic E-state index is 0.137. The van der Waals surface area contributed by atoms with Gasteiger partial charge < -0.3 is 14.7 Å². The molecule has 0 bridgehead atoms. The Morgan fingerprint density at radius 3 is 2.63 bits per heavy atom. The van der Waals surface area contributed by atoms with Crippen LogP contribution in [0, 0.1) is 0 Å². The number of carboxylic acid groups (broad SMARTS) is 1. The van der Waals surface area contributed by atoms with Gasteiger partial charge in [-0.25, -0.2) is 4.79 Å². The Morgan fingerprint density at radius 2 is 1.89 bits per heavy atom. The van der Waals surface area contributed by atoms with Crippen molar-refractivity contribution < 1.29 is 14.6 Å². The van der Waals surface area contributed by atoms with Gasteiger partial charge in [0.25, 0.3) is 0 Å². The number of halogens is 1. The molecule has 1 aliphatic heterocycles. The van der Waals surface area contributed by atoms with Gasteiger partial charge in [-0.05, 0) is 53.9 Å². The maximum Gasteiger partial charge on any atom is 0.335 e. The van der Waals surface area contributed by atoms with Gasteiger partial charge in [0.15, 0.2) is 0 Å². The van der Waals surface area contributed by atoms with Crippen molar-refractivity contribution in [2.45, 2.75) is 13.0 Å². The van der Waals surface area contributed by atoms with Crippen molar-refractivity contribution in [2.75, 3.05) is 11.4 Å². The molecule has 1 aliphatic rings. The first-order chi connectivity index (χ1) is 13.1. The molecule has 5 heteroatoms. The fourth-order valence-corrected chi connectivity index (χ4v) is 3.54. The summed E-state index contributed by atoms with van der Waals surface area (Å²) < 4.78 is 5.88. The number of aromatic carboxylic acids is 1. The SMILES string of the molecule is O=C(O)c1ccc(Oc2ccc3c(c2)CCN3Cc2ccccc2)c(Cl)c1. The molecule has 0 radical (unpaired) electrons. The van der Waals surface area contributed by atoms with Crippen molar-refractivity contribution >= 4 is 23.3 Å². The number of carbonyl (C=O) groups is 1. The lowest BCUT2D eigenvalue weighted by Crippen LogP contribution is -2.19. The lowest BCUT2D eigenvalue weighted by Gasteiger charge is -2.19. The van der Waals surface area contributed by atoms with E-state index in [1.165, 1.54) is 28.9 Å². The van der Waals surface area contributed by atoms with E-state index in [1.54, 1.807) is 6.07 Å². The van der Waals surface area contributed by atoms with Crippen LogP contribution >= 0.6 is 11.6 Å². The summed E-state index contributed by atoms with van der Waals surface area (Å²) in [5, 5.41) is 9.30. The lowest BCUT2D eigenvalue weighted by molar-refractivity contribution is 0.0697. The summed E-state index contributed by atoms with van der Waals surface area (Å²) in [4.78, 5) is 13.4. The summed E-state index contributed by atoms with van der Waals surface area (Å²) >= 11 is 6.16. The van der Waals surface area contributed by atoms with Gasteiger partial charge in [-0.1, -0.05) is 41.9 Å². The van der Waals surface area contributed by atoms with Crippen molar-refractivity contribution in [1.82, 2.24) is 0 Å². The Hall–Kier alpha value is -2.98. The molecule has 4 rings (SSSR count). The zero-order valence-electron chi connectivity index (χ0n) is 14.6. The molecule has 0 aromatic heterocycles. The Morgan fingerprint density at radius 1 is 1.07 bits per heavy atom. The number of carboxylic acids is 1. The number of anilines is 1. The third kappa shape index (κ3) is 3.76. The quantitative estimate of drug-likeness (QED) is 0.645. The first kappa shape index (κ1) is 17.4. The highest BCUT2D eigenvalue weighted by molar-refractivity contribution is 6.32. The highest BCUT2D eigenvalue weighted by Crippen LogP contribution is 2.36. The molecular weight excluding hydrogens is 362 g/mol. The predicted molar refractivity (Wildman–Crippen MR) is 106 cm³/mol. The van der Waals surface area contributed by atoms with Gasteiger partial charge >= 0.3 is 5.97 Å². The third-order valence-corrected chi connectivity index (χ3v) is 4.96. The van der Waals surface area contributed by atoms with Gasteiger partial charge in [-0.3, -0.25) is 0 Å². The monoisotopic (exact) mass is 379 g/mol. The van der Waals surface area contributed by atoms with Crippen molar-refractivity contribution in [3.8, 4) is 11.5 Å². The summed E-state index contributed by atoms with van der Waals surface area (Å²) in [6, 6.07) is 20.9. The molecule has 4 nitrogen and oxygen atoms in total. The second kappa shape index (κ2) is 7.33. The number of hydrogen-bond donors (Lipinski definition) is 1. The molecule has 0 saturated carbocycles. The first-order valence-corrected chi connectivity index (χ1v) is 9.10. The summed E-state index contributed by atoms with van der Waals surface area (Å²) in [5.41, 5.74) is 3.88. The van der Waals surface area contributed by atoms with E-state index < -0.39 is 5.97 Å². The average molecular weight is 380 g/mol. The largest absolute Gasteiger partial charge is 0.478 e. The maximum absolute atomic E-state index is 11.0. The number of rotatable bonds is 5. The number of nitrogens with zero attached hydrogens (tertiary/aromatic N) is 1. The number of ether oxygens (including phenoxy) is 1. The van der Waals surface area contributed by atoms with E-state index in [0.717, 1.165) is 19.5 Å². The molecule has 0 saturated heterocycles. The van der Waals surface area contributed by atoms with Crippen LogP contribution in [-0.2, 0) is 13.0 Å². The van der Waals surface area contributed by atoms with Crippen LogP contribution < -0.4 is 9.64 Å². The van der Waals surface area contributed by atoms with Gasteiger partial charge in [-0.15, -0.1) is 0 Å². The van der Waals surface area contributed by atoms with Crippen LogP contribution in [0.4, 0.5) is 5.69 Å². The third-order valence-electron chi connectivity index (χ3n) is 4.67. The van der Waals surface area contributed by atoms with Crippen LogP contribution in [0.15, 0.2) is 66.7 Å². The molecule has 0 aliphatic carbocycles. The van der Waals surface area contributed by atoms with Gasteiger partial charge in [0.1, 0.15) is 11.5 Å². The van der Waals surface area contributed by atoms with Crippen molar-refractivity contribution in [1.29, 1.82) is 0 Å². The molecular formula is C22H18ClNO3. The van der Waals surface area contributed by atoms with Gasteiger partial charge in [0.05, 0.1) is 10.6 Å². The molecule has 0 spiro atoms. The first-order valence-electron chi connectivity index (χ1n) is 8.72. The molecule has 0 fully saturated rings. The van der Waals surface area contributed by atoms with E-state index in [0.29, 0.717) is 11.5 Å². The van der Waals surface area contributed by atoms with E-state index in [2.05, 4.69) is 35.2 Å². The summed E-state index contributed by atoms with van der Waals surface area (Å²) in [5.74, 6) is 0.125. The molecule has 3 aromatic rings. The van der Waals surface area contributed by atoms with E-state index in [9.17, 15) is 4.79 Å². The van der Waals surface area contributed by atoms with Crippen LogP contribution in [0.25, 0.3) is 0 Å². The molecule has 3 aromatic carbocycles. The van der Waals surface area contributed by atoms with Gasteiger partial charge in [0, 0.05) is 18.8 Å². The number of fused-ring (bicyclic) bond motifs is 1. The van der Waals surface area contributed by atoms with Gasteiger partial charge in [0.2, 0.25) is 0 Å². The normalized spacial score (nSPS) is 12.7. The van der Waals surface area contributed by atoms with E-state index in [4.69, 9.17) is 21.4 Å². The highest BCUT2D eigenvalue weighted by Gasteiger charge is 2.20. The van der Waals surface area contributed by atoms with Crippen LogP contribution in [0.5, 0.6) is 11.5 Å². The lowest BCUT2D eigenvalue weighted by atomic mass is 10.1. The van der Waals surface area contributed by atoms with Crippen molar-refractivity contribution in [3.05, 3.63) is 88.4 Å². The molecule has 0 unspecified atom stereocenters. The van der Waals surface area contributed by atoms with E-state index in [1.807, 2.05) is 18.2 Å². The zero-order chi connectivity index (χ0) is 18.8. The molecule has 27 heavy (non-hydrogen) atoms. The second-order valence-electron chi connectivity index (χ2n) is 6.50. The Bertz CT molecular complexity index is 988. The van der Waals surface area contributed by atoms with Crippen molar-refractivity contribution in [2.24, 2.45) is 0 Å². The minimum atomic E-state index is -1.01. The smallest absolute Gasteiger partial charge is 0.335 e. The molecule has 0 atom stereocenters. The fraction of sp³-hybridized carbons (Fsp3) is 0.136. The molecule has 0 amide bonds. The zero-order valence-corrected chi connectivity index (χ0v) is 15.3. The average Bonchev–Trinajstić information content (AvgIpc) is 3.06. The Kier molecular flexibility index (Phi) is 4.73. The number of hydrogen-bond acceptors (Lipinski definition) is 3. The highest BCUT2D eigenvalue weighted by atomic mass is 35.5. The molecule has 1 N–H and O–H groups in total. The van der Waals surface area contributed by atoms with Crippen LogP contribution in [0.3, 0.4) is 0 Å². The van der Waals surface area contributed by atoms with Crippen LogP contribution in [-0.4, -0.2) is 17.6 Å². The van der Waals surface area contributed by atoms with Crippen LogP contribution in [0.1, 0.15) is 21.5 Å². The van der Waals surface area contributed by atoms with Crippen molar-refractivity contribution in [3.63, 3.8) is 0 Å². The molecule has 1 heterocycles. The van der Waals surface area contributed by atoms with Gasteiger partial charge in [-0.2, -0.15) is 0 Å². The topological polar surface area (TPSA) is 49.8 Å². The Labute approximate surface area is 162 Å². The summed E-state index contributed by atoms with van der Waals surface area (Å²) in [7, 11) is 0. The fourth-order valence-electron chi connectivity index (χ4n) is 3.32. The Balaban J connectivity index is 1.52. The maximum atomic E-state index is 11.0. The van der Waals surface area contributed by atoms with E-state index in [-0.39, 0.29) is 10.6 Å². The minimum Gasteiger partial charge on any atom is -0.478 e. The molecule has 136 valence electrons. The number of benzene rings is 3. The second-order valence-corrected chi connectivity index (χ2v) is 6.91. The summed E-state index contributed by atoms with van der Waals surface area (Å²) in [6.45, 7) is 1.86. The van der Waals surface area contributed by atoms with E-state index >= 15 is 0 Å². The van der Waals surface area contributed by atoms with Crippen LogP contribution in [0.2, 0.25) is 5.02 Å². The predicted octanol–water partition coefficient (Wildman–Crippen LogP) is 5.39. The summed E-state index contributed by atoms with van der Waals surface area (Å²) in [6.07, 6.45) is 0.963. The standard InChI is InChI=1S/C22H18ClNO3/c23-19-13-17(22(25)26)6-9-21(19)27-18-7-8-20-16(12-18)10-11-24(20)14-15-4-2-1-3-5-15/h1-9,12-13H,10-11,14H2,(H,25,26).